The van der Waals surface area contributed by atoms with Crippen LogP contribution >= 0.6 is 0 Å². The van der Waals surface area contributed by atoms with Gasteiger partial charge in [0.15, 0.2) is 0 Å². The van der Waals surface area contributed by atoms with Crippen LogP contribution in [-0.2, 0) is 21.1 Å². The molecule has 0 aliphatic carbocycles. The van der Waals surface area contributed by atoms with Crippen molar-refractivity contribution in [2.24, 2.45) is 0 Å². The third-order valence-corrected chi connectivity index (χ3v) is 0. The Hall–Kier alpha value is -2.87. The summed E-state index contributed by atoms with van der Waals surface area (Å²) in [6.07, 6.45) is 0. The monoisotopic (exact) mass is 426 g/mol. The normalized spacial score (nSPS) is 3.29. The predicted octanol–water partition coefficient (Wildman–Crippen LogP) is 3.11. The van der Waals surface area contributed by atoms with Crippen molar-refractivity contribution in [3.8, 4) is 0 Å². The Morgan fingerprint density at radius 3 is 0.765 bits per heavy atom. The predicted molar refractivity (Wildman–Crippen MR) is 49.1 cm³/mol. The van der Waals surface area contributed by atoms with E-state index in [2.05, 4.69) is 0 Å². The van der Waals surface area contributed by atoms with Crippen molar-refractivity contribution >= 4 is 0 Å². The zero-order valence-corrected chi connectivity index (χ0v) is 9.67. The minimum Gasteiger partial charge on any atom is -0.373 e. The van der Waals surface area contributed by atoms with E-state index in [1.165, 1.54) is 19.6 Å². The van der Waals surface area contributed by atoms with Gasteiger partial charge in [0.25, 0.3) is 5.09 Å². The first-order valence-corrected chi connectivity index (χ1v) is 2.17. The molecule has 0 spiro atoms. The van der Waals surface area contributed by atoms with Crippen LogP contribution in [0.2, 0.25) is 0 Å². The molecule has 0 bridgehead atoms. The Kier molecular flexibility index (Phi) is 246. The molecule has 17 heavy (non-hydrogen) atoms. The van der Waals surface area contributed by atoms with E-state index in [1.807, 2.05) is 0 Å². The molecule has 0 saturated heterocycles. The average molecular weight is 426 g/mol. The molecule has 0 unspecified atom stereocenters. The van der Waals surface area contributed by atoms with Crippen molar-refractivity contribution in [1.29, 1.82) is 0 Å². The Bertz CT molecular complexity index is 215. The third kappa shape index (κ3) is 197. The summed E-state index contributed by atoms with van der Waals surface area (Å²) in [6.45, 7) is 0. The van der Waals surface area contributed by atoms with Gasteiger partial charge in [-0.1, -0.05) is 0 Å². The summed E-state index contributed by atoms with van der Waals surface area (Å²) >= 11 is 0. The van der Waals surface area contributed by atoms with Crippen molar-refractivity contribution in [1.82, 2.24) is 0 Å². The molecule has 0 aromatic heterocycles. The molecule has 0 aliphatic heterocycles. The molecule has 0 amide bonds. The van der Waals surface area contributed by atoms with Gasteiger partial charge < -0.3 is 49.5 Å². The summed E-state index contributed by atoms with van der Waals surface area (Å²) in [5, 5.41) is 13.6. The molecular weight excluding hydrogens is 425 g/mol. The van der Waals surface area contributed by atoms with Crippen LogP contribution in [-0.4, -0.2) is 10.3 Å². The van der Waals surface area contributed by atoms with Crippen molar-refractivity contribution in [3.63, 3.8) is 0 Å². The molecule has 16 nitrogen and oxygen atoms in total. The van der Waals surface area contributed by atoms with Crippen LogP contribution < -0.4 is 0 Å². The molecule has 0 fully saturated rings. The fourth-order valence-electron chi connectivity index (χ4n) is 0. The average Bonchev–Trinajstić information content (AvgIpc) is 2.06. The molecule has 0 radical (unpaired) electrons. The van der Waals surface area contributed by atoms with Gasteiger partial charge in [-0.15, -0.1) is 10.1 Å². The van der Waals surface area contributed by atoms with Gasteiger partial charge >= 0.3 is 21.1 Å². The van der Waals surface area contributed by atoms with Crippen molar-refractivity contribution in [3.05, 3.63) is 74.0 Å². The largest absolute Gasteiger partial charge is 4.00 e. The van der Waals surface area contributed by atoms with Gasteiger partial charge in [0, 0.05) is 0 Å². The van der Waals surface area contributed by atoms with Gasteiger partial charge in [0.2, 0.25) is 0 Å². The minimum absolute atomic E-state index is 0. The van der Waals surface area contributed by atoms with Gasteiger partial charge in [0.1, 0.15) is 0 Å². The van der Waals surface area contributed by atoms with Crippen LogP contribution in [0.25, 0.3) is 63.9 Å². The first kappa shape index (κ1) is 36.9. The maximum atomic E-state index is 8.36. The maximum absolute atomic E-state index is 8.36. The first-order valence-electron chi connectivity index (χ1n) is 2.17. The van der Waals surface area contributed by atoms with Gasteiger partial charge in [-0.05, 0) is 0 Å². The third-order valence-electron chi connectivity index (χ3n) is 0. The zero-order valence-electron chi connectivity index (χ0n) is 7.39. The second-order valence-corrected chi connectivity index (χ2v) is 0.596. The summed E-state index contributed by atoms with van der Waals surface area (Å²) in [7, 11) is 0. The Balaban J connectivity index is -0.0000000221. The Labute approximate surface area is 106 Å². The number of hydrogen-bond acceptors (Lipinski definition) is 2. The Morgan fingerprint density at radius 1 is 0.765 bits per heavy atom. The molecule has 17 heteroatoms. The number of hydrogen-bond donors (Lipinski definition) is 1. The van der Waals surface area contributed by atoms with Crippen LogP contribution in [0.1, 0.15) is 0 Å². The minimum atomic E-state index is -1.50. The fourth-order valence-corrected chi connectivity index (χ4v) is 0. The van der Waals surface area contributed by atoms with E-state index in [0.29, 0.717) is 0 Å². The summed E-state index contributed by atoms with van der Waals surface area (Å²) < 4.78 is 0. The fraction of sp³-hybridized carbons (Fsp3) is 0. The molecule has 94 valence electrons. The van der Waals surface area contributed by atoms with E-state index in [9.17, 15) is 0 Å². The summed E-state index contributed by atoms with van der Waals surface area (Å²) in [5.41, 5.74) is 54.0. The molecule has 0 aliphatic rings. The quantitative estimate of drug-likeness (QED) is 0.201. The van der Waals surface area contributed by atoms with E-state index in [0.717, 1.165) is 0 Å². The van der Waals surface area contributed by atoms with E-state index in [4.69, 9.17) is 59.6 Å². The van der Waals surface area contributed by atoms with E-state index >= 15 is 0 Å². The van der Waals surface area contributed by atoms with Crippen molar-refractivity contribution in [2.45, 2.75) is 0 Å². The molecule has 0 aromatic carbocycles. The van der Waals surface area contributed by atoms with Crippen LogP contribution in [0.4, 0.5) is 0 Å². The van der Waals surface area contributed by atoms with Crippen LogP contribution in [0.3, 0.4) is 0 Å². The van der Waals surface area contributed by atoms with Gasteiger partial charge in [-0.2, -0.15) is 0 Å². The standard InChI is InChI=1S/4N3.HNO3.Pt/c4*1-3-2;2-1(3)4;/h;;;;(H,2,3,4);/q4*-1;;+4. The molecular formula is HN13O3Pt. The molecule has 0 atom stereocenters. The van der Waals surface area contributed by atoms with Crippen LogP contribution in [0, 0.1) is 10.1 Å². The number of nitrogens with zero attached hydrogens (tertiary/aromatic N) is 13. The molecule has 0 aromatic rings. The number of rotatable bonds is 0. The van der Waals surface area contributed by atoms with Crippen molar-refractivity contribution < 1.29 is 31.4 Å². The molecule has 0 rings (SSSR count). The first-order chi connectivity index (χ1) is 7.39. The van der Waals surface area contributed by atoms with Crippen molar-refractivity contribution in [2.75, 3.05) is 0 Å². The Morgan fingerprint density at radius 2 is 0.765 bits per heavy atom. The second-order valence-electron chi connectivity index (χ2n) is 0.596. The molecule has 0 saturated carbocycles. The van der Waals surface area contributed by atoms with Crippen LogP contribution in [0.5, 0.6) is 0 Å². The second kappa shape index (κ2) is 113. The smallest absolute Gasteiger partial charge is 0.373 e. The van der Waals surface area contributed by atoms with Gasteiger partial charge in [0.05, 0.1) is 0 Å². The molecule has 0 heterocycles. The van der Waals surface area contributed by atoms with Gasteiger partial charge in [-0.3, -0.25) is 19.6 Å². The zero-order chi connectivity index (χ0) is 14.4. The van der Waals surface area contributed by atoms with Gasteiger partial charge in [-0.25, -0.2) is 0 Å². The summed E-state index contributed by atoms with van der Waals surface area (Å²) in [6, 6.07) is 0. The summed E-state index contributed by atoms with van der Waals surface area (Å²) in [5.74, 6) is 0. The van der Waals surface area contributed by atoms with E-state index in [1.54, 1.807) is 0 Å². The summed E-state index contributed by atoms with van der Waals surface area (Å²) in [4.78, 5) is 14.4. The molecule has 1 N–H and O–H groups in total. The SMILES string of the molecule is O=[N+]([O-])O.[N-]=[N+]=[N-].[N-]=[N+]=[N-].[N-]=[N+]=[N-].[N-]=[N+]=[N-].[Pt+4]. The van der Waals surface area contributed by atoms with Crippen LogP contribution in [0.15, 0.2) is 0 Å². The maximum Gasteiger partial charge on any atom is 4.00 e. The topological polar surface area (TPSA) is 298 Å². The van der Waals surface area contributed by atoms with E-state index < -0.39 is 5.09 Å². The van der Waals surface area contributed by atoms with E-state index in [-0.39, 0.29) is 21.1 Å².